The van der Waals surface area contributed by atoms with Gasteiger partial charge >= 0.3 is 12.3 Å². The number of carbonyl (C=O) groups excluding carboxylic acids is 2. The van der Waals surface area contributed by atoms with Crippen LogP contribution in [0.4, 0.5) is 18.0 Å². The van der Waals surface area contributed by atoms with Crippen molar-refractivity contribution in [2.24, 2.45) is 0 Å². The predicted molar refractivity (Wildman–Crippen MR) is 81.9 cm³/mol. The fourth-order valence-electron chi connectivity index (χ4n) is 2.45. The molecule has 1 aliphatic rings. The molecule has 25 heavy (non-hydrogen) atoms. The lowest BCUT2D eigenvalue weighted by atomic mass is 10.2. The molecule has 1 aromatic rings. The Labute approximate surface area is 143 Å². The summed E-state index contributed by atoms with van der Waals surface area (Å²) in [5, 5.41) is 0. The SMILES string of the molecule is CN(C)C(=O)c1nc(C(F)(F)F)n2c1CN(C(=O)OC(C)(C)C)CC2. The van der Waals surface area contributed by atoms with Gasteiger partial charge in [-0.05, 0) is 20.8 Å². The van der Waals surface area contributed by atoms with E-state index in [0.29, 0.717) is 0 Å². The zero-order chi connectivity index (χ0) is 19.2. The lowest BCUT2D eigenvalue weighted by molar-refractivity contribution is -0.147. The summed E-state index contributed by atoms with van der Waals surface area (Å²) in [6.07, 6.45) is -5.33. The van der Waals surface area contributed by atoms with Crippen LogP contribution in [0, 0.1) is 0 Å². The third kappa shape index (κ3) is 4.05. The van der Waals surface area contributed by atoms with Crippen LogP contribution in [-0.2, 0) is 24.0 Å². The Hall–Kier alpha value is -2.26. The maximum absolute atomic E-state index is 13.2. The number of hydrogen-bond donors (Lipinski definition) is 0. The van der Waals surface area contributed by atoms with E-state index in [0.717, 1.165) is 9.47 Å². The van der Waals surface area contributed by atoms with E-state index in [2.05, 4.69) is 4.98 Å². The standard InChI is InChI=1S/C15H21F3N4O3/c1-14(2,3)25-13(24)21-6-7-22-9(8-21)10(11(23)20(4)5)19-12(22)15(16,17)18/h6-8H2,1-5H3. The van der Waals surface area contributed by atoms with Gasteiger partial charge in [0.15, 0.2) is 5.69 Å². The molecule has 2 heterocycles. The van der Waals surface area contributed by atoms with Crippen LogP contribution < -0.4 is 0 Å². The van der Waals surface area contributed by atoms with E-state index in [4.69, 9.17) is 4.74 Å². The van der Waals surface area contributed by atoms with Gasteiger partial charge in [0.2, 0.25) is 5.82 Å². The molecule has 10 heteroatoms. The van der Waals surface area contributed by atoms with Gasteiger partial charge in [-0.25, -0.2) is 9.78 Å². The highest BCUT2D eigenvalue weighted by molar-refractivity contribution is 5.93. The second kappa shape index (κ2) is 6.23. The van der Waals surface area contributed by atoms with Gasteiger partial charge in [-0.3, -0.25) is 4.79 Å². The molecule has 0 radical (unpaired) electrons. The third-order valence-corrected chi connectivity index (χ3v) is 3.52. The van der Waals surface area contributed by atoms with Crippen molar-refractivity contribution in [2.75, 3.05) is 20.6 Å². The summed E-state index contributed by atoms with van der Waals surface area (Å²) in [6, 6.07) is 0. The first-order valence-electron chi connectivity index (χ1n) is 7.67. The number of nitrogens with zero attached hydrogens (tertiary/aromatic N) is 4. The highest BCUT2D eigenvalue weighted by Crippen LogP contribution is 2.32. The van der Waals surface area contributed by atoms with Crippen molar-refractivity contribution in [1.82, 2.24) is 19.4 Å². The molecule has 0 unspecified atom stereocenters. The van der Waals surface area contributed by atoms with Crippen LogP contribution >= 0.6 is 0 Å². The van der Waals surface area contributed by atoms with Crippen LogP contribution in [-0.4, -0.2) is 57.6 Å². The van der Waals surface area contributed by atoms with E-state index in [1.54, 1.807) is 20.8 Å². The number of alkyl halides is 3. The fraction of sp³-hybridized carbons (Fsp3) is 0.667. The largest absolute Gasteiger partial charge is 0.449 e. The minimum Gasteiger partial charge on any atom is -0.444 e. The van der Waals surface area contributed by atoms with Gasteiger partial charge in [0.25, 0.3) is 5.91 Å². The number of amides is 2. The molecule has 2 rings (SSSR count). The monoisotopic (exact) mass is 362 g/mol. The van der Waals surface area contributed by atoms with E-state index in [-0.39, 0.29) is 31.0 Å². The van der Waals surface area contributed by atoms with Crippen LogP contribution in [0.1, 0.15) is 42.8 Å². The zero-order valence-corrected chi connectivity index (χ0v) is 14.8. The van der Waals surface area contributed by atoms with Gasteiger partial charge in [0.1, 0.15) is 5.60 Å². The average molecular weight is 362 g/mol. The lowest BCUT2D eigenvalue weighted by Crippen LogP contribution is -2.42. The van der Waals surface area contributed by atoms with Crippen molar-refractivity contribution in [2.45, 2.75) is 45.6 Å². The number of carbonyl (C=O) groups is 2. The number of hydrogen-bond acceptors (Lipinski definition) is 4. The van der Waals surface area contributed by atoms with Gasteiger partial charge in [-0.2, -0.15) is 13.2 Å². The van der Waals surface area contributed by atoms with Crippen LogP contribution in [0.5, 0.6) is 0 Å². The van der Waals surface area contributed by atoms with Gasteiger partial charge < -0.3 is 19.1 Å². The van der Waals surface area contributed by atoms with Gasteiger partial charge in [0, 0.05) is 27.2 Å². The topological polar surface area (TPSA) is 67.7 Å². The van der Waals surface area contributed by atoms with E-state index in [1.165, 1.54) is 19.0 Å². The van der Waals surface area contributed by atoms with Crippen molar-refractivity contribution in [3.63, 3.8) is 0 Å². The fourth-order valence-corrected chi connectivity index (χ4v) is 2.45. The van der Waals surface area contributed by atoms with E-state index in [1.807, 2.05) is 0 Å². The van der Waals surface area contributed by atoms with Crippen molar-refractivity contribution in [1.29, 1.82) is 0 Å². The van der Waals surface area contributed by atoms with Gasteiger partial charge in [0.05, 0.1) is 12.2 Å². The molecule has 1 aromatic heterocycles. The second-order valence-electron chi connectivity index (χ2n) is 6.98. The first kappa shape index (κ1) is 19.1. The van der Waals surface area contributed by atoms with Gasteiger partial charge in [-0.15, -0.1) is 0 Å². The second-order valence-corrected chi connectivity index (χ2v) is 6.98. The lowest BCUT2D eigenvalue weighted by Gasteiger charge is -2.31. The number of ether oxygens (including phenoxy) is 1. The van der Waals surface area contributed by atoms with Crippen molar-refractivity contribution in [3.8, 4) is 0 Å². The summed E-state index contributed by atoms with van der Waals surface area (Å²) in [7, 11) is 2.85. The minimum absolute atomic E-state index is 0.0386. The zero-order valence-electron chi connectivity index (χ0n) is 14.8. The summed E-state index contributed by atoms with van der Waals surface area (Å²) in [6.45, 7) is 4.84. The summed E-state index contributed by atoms with van der Waals surface area (Å²) in [5.74, 6) is -1.78. The molecule has 0 spiro atoms. The molecule has 0 fully saturated rings. The molecule has 2 amide bonds. The van der Waals surface area contributed by atoms with Crippen molar-refractivity contribution in [3.05, 3.63) is 17.2 Å². The van der Waals surface area contributed by atoms with E-state index < -0.39 is 29.6 Å². The van der Waals surface area contributed by atoms with Crippen LogP contribution in [0.25, 0.3) is 0 Å². The molecule has 0 bridgehead atoms. The quantitative estimate of drug-likeness (QED) is 0.769. The summed E-state index contributed by atoms with van der Waals surface area (Å²) in [5.41, 5.74) is -0.970. The molecule has 0 atom stereocenters. The maximum Gasteiger partial charge on any atom is 0.449 e. The molecule has 0 N–H and O–H groups in total. The maximum atomic E-state index is 13.2. The van der Waals surface area contributed by atoms with E-state index in [9.17, 15) is 22.8 Å². The number of fused-ring (bicyclic) bond motifs is 1. The molecule has 0 aliphatic carbocycles. The Balaban J connectivity index is 2.41. The van der Waals surface area contributed by atoms with Gasteiger partial charge in [-0.1, -0.05) is 0 Å². The first-order valence-corrected chi connectivity index (χ1v) is 7.67. The summed E-state index contributed by atoms with van der Waals surface area (Å²) in [4.78, 5) is 30.4. The number of halogens is 3. The highest BCUT2D eigenvalue weighted by atomic mass is 19.4. The number of imidazole rings is 1. The molecule has 7 nitrogen and oxygen atoms in total. The molecular weight excluding hydrogens is 341 g/mol. The average Bonchev–Trinajstić information content (AvgIpc) is 2.83. The molecule has 0 saturated heterocycles. The third-order valence-electron chi connectivity index (χ3n) is 3.52. The molecule has 0 saturated carbocycles. The normalized spacial score (nSPS) is 15.0. The summed E-state index contributed by atoms with van der Waals surface area (Å²) >= 11 is 0. The number of rotatable bonds is 1. The minimum atomic E-state index is -4.69. The van der Waals surface area contributed by atoms with Crippen molar-refractivity contribution < 1.29 is 27.5 Å². The Kier molecular flexibility index (Phi) is 4.75. The summed E-state index contributed by atoms with van der Waals surface area (Å²) < 4.78 is 45.9. The Bertz CT molecular complexity index is 689. The van der Waals surface area contributed by atoms with Crippen LogP contribution in [0.15, 0.2) is 0 Å². The Morgan fingerprint density at radius 2 is 1.76 bits per heavy atom. The van der Waals surface area contributed by atoms with Crippen LogP contribution in [0.2, 0.25) is 0 Å². The highest BCUT2D eigenvalue weighted by Gasteiger charge is 2.42. The van der Waals surface area contributed by atoms with E-state index >= 15 is 0 Å². The molecule has 140 valence electrons. The predicted octanol–water partition coefficient (Wildman–Crippen LogP) is 2.35. The molecule has 1 aliphatic heterocycles. The smallest absolute Gasteiger partial charge is 0.444 e. The van der Waals surface area contributed by atoms with Crippen LogP contribution in [0.3, 0.4) is 0 Å². The Morgan fingerprint density at radius 3 is 2.24 bits per heavy atom. The van der Waals surface area contributed by atoms with Crippen molar-refractivity contribution >= 4 is 12.0 Å². The first-order chi connectivity index (χ1) is 11.3. The Morgan fingerprint density at radius 1 is 1.16 bits per heavy atom. The molecule has 0 aromatic carbocycles. The molecular formula is C15H21F3N4O3. The number of aromatic nitrogens is 2.